The van der Waals surface area contributed by atoms with Crippen molar-refractivity contribution in [2.75, 3.05) is 18.3 Å². The van der Waals surface area contributed by atoms with Crippen LogP contribution in [0.5, 0.6) is 0 Å². The number of nitrogens with zero attached hydrogens (tertiary/aromatic N) is 5. The number of rotatable bonds is 5. The first kappa shape index (κ1) is 21.6. The van der Waals surface area contributed by atoms with E-state index in [0.717, 1.165) is 12.6 Å². The molecule has 3 heterocycles. The molecule has 154 valence electrons. The first-order valence-electron chi connectivity index (χ1n) is 9.09. The molecular weight excluding hydrogens is 588 g/mol. The van der Waals surface area contributed by atoms with Crippen LogP contribution in [0.4, 0.5) is 10.5 Å². The summed E-state index contributed by atoms with van der Waals surface area (Å²) in [5.41, 5.74) is 1.04. The molecule has 0 unspecified atom stereocenters. The Morgan fingerprint density at radius 2 is 2.25 bits per heavy atom. The molecule has 8 nitrogen and oxygen atoms in total. The Bertz CT molecular complexity index is 804. The van der Waals surface area contributed by atoms with E-state index in [1.807, 2.05) is 25.5 Å². The Balaban J connectivity index is 1.77. The predicted octanol–water partition coefficient (Wildman–Crippen LogP) is -0.640. The van der Waals surface area contributed by atoms with Gasteiger partial charge in [0.25, 0.3) is 0 Å². The van der Waals surface area contributed by atoms with Crippen molar-refractivity contribution in [3.8, 4) is 6.07 Å². The minimum absolute atomic E-state index is 0.0243. The summed E-state index contributed by atoms with van der Waals surface area (Å²) >= 11 is 2.40. The summed E-state index contributed by atoms with van der Waals surface area (Å²) in [5.74, 6) is -0.368. The zero-order valence-corrected chi connectivity index (χ0v) is 20.5. The van der Waals surface area contributed by atoms with Crippen LogP contribution in [0.1, 0.15) is 32.9 Å². The van der Waals surface area contributed by atoms with Gasteiger partial charge in [-0.25, -0.2) is 0 Å². The van der Waals surface area contributed by atoms with Gasteiger partial charge < -0.3 is 0 Å². The molecule has 0 saturated carbocycles. The van der Waals surface area contributed by atoms with Gasteiger partial charge in [0.2, 0.25) is 0 Å². The normalized spacial score (nSPS) is 22.3. The van der Waals surface area contributed by atoms with Crippen molar-refractivity contribution in [3.63, 3.8) is 0 Å². The molecule has 0 radical (unpaired) electrons. The van der Waals surface area contributed by atoms with Crippen LogP contribution in [-0.4, -0.2) is 51.7 Å². The van der Waals surface area contributed by atoms with Crippen molar-refractivity contribution in [2.24, 2.45) is 5.92 Å². The van der Waals surface area contributed by atoms with Gasteiger partial charge in [0.1, 0.15) is 0 Å². The fourth-order valence-corrected chi connectivity index (χ4v) is 6.50. The third-order valence-electron chi connectivity index (χ3n) is 4.90. The van der Waals surface area contributed by atoms with Crippen LogP contribution in [0.3, 0.4) is 0 Å². The van der Waals surface area contributed by atoms with Crippen LogP contribution in [0.25, 0.3) is 0 Å². The average Bonchev–Trinajstić information content (AvgIpc) is 3.21. The molecule has 0 aliphatic carbocycles. The van der Waals surface area contributed by atoms with Crippen LogP contribution in [0, 0.1) is 17.2 Å². The number of halogens is 2. The van der Waals surface area contributed by atoms with Gasteiger partial charge in [-0.1, -0.05) is 0 Å². The molecule has 0 bridgehead atoms. The van der Waals surface area contributed by atoms with E-state index in [0.29, 0.717) is 25.3 Å². The van der Waals surface area contributed by atoms with Crippen molar-refractivity contribution in [1.29, 1.82) is 5.26 Å². The molecule has 0 spiro atoms. The number of carbonyl (C=O) groups is 2. The number of amides is 2. The van der Waals surface area contributed by atoms with Crippen molar-refractivity contribution in [2.45, 2.75) is 51.9 Å². The van der Waals surface area contributed by atoms with Gasteiger partial charge in [-0.3, -0.25) is 0 Å². The Morgan fingerprint density at radius 3 is 2.89 bits per heavy atom. The third kappa shape index (κ3) is 4.55. The molecule has 10 heteroatoms. The van der Waals surface area contributed by atoms with E-state index < -0.39 is 5.60 Å². The average molecular weight is 612 g/mol. The van der Waals surface area contributed by atoms with E-state index in [1.165, 1.54) is 0 Å². The van der Waals surface area contributed by atoms with Gasteiger partial charge in [0.05, 0.1) is 0 Å². The standard InChI is InChI=1S/C18H24I2N5O3/c1-12-7-25-15(9-23(12)17(27)28-18(2,3)10-20-11-19)14(6-22-25)24-8-13(5-21)4-16(24)26/h6,12-13H,4,7-11H2,1-3H3/q-1/t12-,13+/m0/s1. The second-order valence-corrected chi connectivity index (χ2v) is 14.0. The number of carbonyl (C=O) groups excluding carboxylic acids is 2. The fraction of sp³-hybridized carbons (Fsp3) is 0.667. The first-order chi connectivity index (χ1) is 13.3. The van der Waals surface area contributed by atoms with E-state index in [2.05, 4.69) is 33.8 Å². The van der Waals surface area contributed by atoms with Crippen LogP contribution in [0.2, 0.25) is 0 Å². The number of nitriles is 1. The Kier molecular flexibility index (Phi) is 6.73. The molecule has 0 aromatic carbocycles. The summed E-state index contributed by atoms with van der Waals surface area (Å²) in [5, 5.41) is 13.5. The molecule has 2 aliphatic rings. The van der Waals surface area contributed by atoms with E-state index in [-0.39, 0.29) is 51.6 Å². The molecule has 1 aromatic heterocycles. The number of hydrogen-bond acceptors (Lipinski definition) is 5. The number of aromatic nitrogens is 2. The summed E-state index contributed by atoms with van der Waals surface area (Å²) in [4.78, 5) is 28.5. The second kappa shape index (κ2) is 8.73. The maximum absolute atomic E-state index is 12.9. The number of hydrogen-bond donors (Lipinski definition) is 0. The predicted molar refractivity (Wildman–Crippen MR) is 108 cm³/mol. The van der Waals surface area contributed by atoms with Crippen molar-refractivity contribution in [3.05, 3.63) is 11.9 Å². The monoisotopic (exact) mass is 612 g/mol. The van der Waals surface area contributed by atoms with Gasteiger partial charge in [0, 0.05) is 0 Å². The van der Waals surface area contributed by atoms with Crippen LogP contribution in [-0.2, 0) is 22.6 Å². The molecule has 28 heavy (non-hydrogen) atoms. The molecule has 0 N–H and O–H groups in total. The Hall–Kier alpha value is -1.10. The van der Waals surface area contributed by atoms with Gasteiger partial charge in [-0.15, -0.1) is 0 Å². The van der Waals surface area contributed by atoms with Crippen molar-refractivity contribution < 1.29 is 35.5 Å². The van der Waals surface area contributed by atoms with E-state index in [9.17, 15) is 9.59 Å². The Morgan fingerprint density at radius 1 is 1.50 bits per heavy atom. The third-order valence-corrected chi connectivity index (χ3v) is 10.4. The zero-order chi connectivity index (χ0) is 20.5. The zero-order valence-electron chi connectivity index (χ0n) is 16.2. The molecule has 2 atom stereocenters. The van der Waals surface area contributed by atoms with Crippen LogP contribution < -0.4 is 26.1 Å². The molecule has 1 saturated heterocycles. The van der Waals surface area contributed by atoms with Gasteiger partial charge >= 0.3 is 185 Å². The number of alkyl halides is 3. The SMILES string of the molecule is C[C@H]1Cn2ncc(N3C[C@@H](C#N)CC3=O)c2CN1C(=O)OC(C)(C)C[I-]CI. The van der Waals surface area contributed by atoms with Gasteiger partial charge in [0.15, 0.2) is 0 Å². The van der Waals surface area contributed by atoms with Crippen molar-refractivity contribution in [1.82, 2.24) is 14.7 Å². The molecule has 1 fully saturated rings. The van der Waals surface area contributed by atoms with Gasteiger partial charge in [-0.2, -0.15) is 5.26 Å². The van der Waals surface area contributed by atoms with E-state index in [4.69, 9.17) is 10.00 Å². The number of fused-ring (bicyclic) bond motifs is 1. The summed E-state index contributed by atoms with van der Waals surface area (Å²) in [6, 6.07) is 2.12. The molecule has 3 rings (SSSR count). The van der Waals surface area contributed by atoms with Gasteiger partial charge in [-0.05, 0) is 0 Å². The topological polar surface area (TPSA) is 91.5 Å². The van der Waals surface area contributed by atoms with E-state index in [1.54, 1.807) is 16.0 Å². The first-order valence-corrected chi connectivity index (χ1v) is 13.7. The minimum atomic E-state index is -0.472. The molecule has 1 aromatic rings. The van der Waals surface area contributed by atoms with E-state index >= 15 is 0 Å². The van der Waals surface area contributed by atoms with Crippen LogP contribution >= 0.6 is 22.6 Å². The summed E-state index contributed by atoms with van der Waals surface area (Å²) < 4.78 is 9.72. The number of ether oxygens (including phenoxy) is 1. The summed E-state index contributed by atoms with van der Waals surface area (Å²) in [7, 11) is 0. The molecule has 2 aliphatic heterocycles. The maximum atomic E-state index is 12.9. The van der Waals surface area contributed by atoms with Crippen molar-refractivity contribution >= 4 is 40.3 Å². The second-order valence-electron chi connectivity index (χ2n) is 7.72. The quantitative estimate of drug-likeness (QED) is 0.326. The fourth-order valence-electron chi connectivity index (χ4n) is 3.47. The Labute approximate surface area is 188 Å². The summed E-state index contributed by atoms with van der Waals surface area (Å²) in [6.45, 7) is 7.17. The number of anilines is 1. The molecular formula is C18H24I2N5O3-. The summed E-state index contributed by atoms with van der Waals surface area (Å²) in [6.07, 6.45) is 1.58. The molecule has 2 amide bonds. The van der Waals surface area contributed by atoms with Crippen LogP contribution in [0.15, 0.2) is 6.20 Å².